The summed E-state index contributed by atoms with van der Waals surface area (Å²) in [5.41, 5.74) is 10.0. The highest BCUT2D eigenvalue weighted by atomic mass is 16.1. The highest BCUT2D eigenvalue weighted by molar-refractivity contribution is 5.80. The molecule has 3 aromatic rings. The first-order valence-electron chi connectivity index (χ1n) is 7.20. The molecule has 2 aromatic carbocycles. The van der Waals surface area contributed by atoms with Crippen LogP contribution in [-0.2, 0) is 6.42 Å². The summed E-state index contributed by atoms with van der Waals surface area (Å²) in [5, 5.41) is 0.719. The van der Waals surface area contributed by atoms with Crippen molar-refractivity contribution in [3.8, 4) is 5.69 Å². The topological polar surface area (TPSA) is 48.0 Å². The van der Waals surface area contributed by atoms with E-state index in [1.165, 1.54) is 5.56 Å². The molecule has 0 radical (unpaired) electrons. The van der Waals surface area contributed by atoms with Crippen LogP contribution in [0.1, 0.15) is 18.9 Å². The molecule has 0 atom stereocenters. The van der Waals surface area contributed by atoms with Crippen LogP contribution < -0.4 is 11.2 Å². The minimum absolute atomic E-state index is 0.0393. The molecule has 0 amide bonds. The van der Waals surface area contributed by atoms with E-state index in [0.717, 1.165) is 35.1 Å². The van der Waals surface area contributed by atoms with Crippen molar-refractivity contribution in [3.63, 3.8) is 0 Å². The van der Waals surface area contributed by atoms with E-state index in [0.29, 0.717) is 0 Å². The SMILES string of the molecule is CCCc1ccc(-n2ccc(=O)c3ccccc32)cc1N. The molecule has 1 heterocycles. The fourth-order valence-electron chi connectivity index (χ4n) is 2.66. The molecule has 1 aromatic heterocycles. The minimum atomic E-state index is 0.0393. The molecule has 2 N–H and O–H groups in total. The van der Waals surface area contributed by atoms with E-state index in [4.69, 9.17) is 5.73 Å². The maximum Gasteiger partial charge on any atom is 0.189 e. The Kier molecular flexibility index (Phi) is 3.48. The van der Waals surface area contributed by atoms with Crippen LogP contribution in [0.4, 0.5) is 5.69 Å². The second-order valence-corrected chi connectivity index (χ2v) is 5.20. The third kappa shape index (κ3) is 2.42. The van der Waals surface area contributed by atoms with Crippen molar-refractivity contribution >= 4 is 16.6 Å². The van der Waals surface area contributed by atoms with Crippen LogP contribution in [0.5, 0.6) is 0 Å². The molecule has 0 aliphatic carbocycles. The molecule has 3 rings (SSSR count). The molecular formula is C18H18N2O. The molecule has 3 heteroatoms. The normalized spacial score (nSPS) is 10.9. The lowest BCUT2D eigenvalue weighted by molar-refractivity contribution is 0.923. The van der Waals surface area contributed by atoms with Gasteiger partial charge in [-0.25, -0.2) is 0 Å². The number of nitrogens with zero attached hydrogens (tertiary/aromatic N) is 1. The highest BCUT2D eigenvalue weighted by Crippen LogP contribution is 2.21. The summed E-state index contributed by atoms with van der Waals surface area (Å²) in [7, 11) is 0. The van der Waals surface area contributed by atoms with Crippen molar-refractivity contribution in [2.45, 2.75) is 19.8 Å². The van der Waals surface area contributed by atoms with Gasteiger partial charge >= 0.3 is 0 Å². The van der Waals surface area contributed by atoms with Gasteiger partial charge in [-0.3, -0.25) is 4.79 Å². The monoisotopic (exact) mass is 278 g/mol. The molecule has 106 valence electrons. The largest absolute Gasteiger partial charge is 0.398 e. The zero-order valence-corrected chi connectivity index (χ0v) is 12.0. The summed E-state index contributed by atoms with van der Waals surface area (Å²) in [5.74, 6) is 0. The Morgan fingerprint density at radius 3 is 2.67 bits per heavy atom. The van der Waals surface area contributed by atoms with Crippen LogP contribution in [0.15, 0.2) is 59.5 Å². The molecule has 0 aliphatic rings. The van der Waals surface area contributed by atoms with Crippen molar-refractivity contribution in [1.29, 1.82) is 0 Å². The zero-order chi connectivity index (χ0) is 14.8. The average Bonchev–Trinajstić information content (AvgIpc) is 2.50. The summed E-state index contributed by atoms with van der Waals surface area (Å²) in [6, 6.07) is 15.3. The van der Waals surface area contributed by atoms with E-state index < -0.39 is 0 Å². The van der Waals surface area contributed by atoms with Gasteiger partial charge < -0.3 is 10.3 Å². The fraction of sp³-hybridized carbons (Fsp3) is 0.167. The Morgan fingerprint density at radius 2 is 1.90 bits per heavy atom. The molecule has 0 unspecified atom stereocenters. The number of hydrogen-bond acceptors (Lipinski definition) is 2. The number of aromatic nitrogens is 1. The summed E-state index contributed by atoms with van der Waals surface area (Å²) >= 11 is 0. The number of fused-ring (bicyclic) bond motifs is 1. The van der Waals surface area contributed by atoms with Gasteiger partial charge in [0.05, 0.1) is 5.52 Å². The molecule has 0 saturated heterocycles. The lowest BCUT2D eigenvalue weighted by Gasteiger charge is -2.13. The first-order valence-corrected chi connectivity index (χ1v) is 7.20. The number of benzene rings is 2. The lowest BCUT2D eigenvalue weighted by Crippen LogP contribution is -2.07. The molecule has 0 saturated carbocycles. The minimum Gasteiger partial charge on any atom is -0.398 e. The smallest absolute Gasteiger partial charge is 0.189 e. The fourth-order valence-corrected chi connectivity index (χ4v) is 2.66. The van der Waals surface area contributed by atoms with Gasteiger partial charge in [0.2, 0.25) is 0 Å². The quantitative estimate of drug-likeness (QED) is 0.745. The molecule has 3 nitrogen and oxygen atoms in total. The van der Waals surface area contributed by atoms with Crippen molar-refractivity contribution < 1.29 is 0 Å². The number of aryl methyl sites for hydroxylation is 1. The summed E-state index contributed by atoms with van der Waals surface area (Å²) in [6.45, 7) is 2.14. The molecule has 0 fully saturated rings. The van der Waals surface area contributed by atoms with Crippen LogP contribution in [-0.4, -0.2) is 4.57 Å². The van der Waals surface area contributed by atoms with Crippen LogP contribution in [0.3, 0.4) is 0 Å². The van der Waals surface area contributed by atoms with Gasteiger partial charge in [0.1, 0.15) is 0 Å². The van der Waals surface area contributed by atoms with Crippen molar-refractivity contribution in [2.75, 3.05) is 5.73 Å². The maximum absolute atomic E-state index is 11.9. The first-order chi connectivity index (χ1) is 10.2. The Hall–Kier alpha value is -2.55. The van der Waals surface area contributed by atoms with Gasteiger partial charge in [-0.2, -0.15) is 0 Å². The predicted molar refractivity (Wildman–Crippen MR) is 88.0 cm³/mol. The number of nitrogens with two attached hydrogens (primary N) is 1. The van der Waals surface area contributed by atoms with E-state index in [1.807, 2.05) is 34.9 Å². The third-order valence-corrected chi connectivity index (χ3v) is 3.73. The van der Waals surface area contributed by atoms with Crippen LogP contribution in [0.2, 0.25) is 0 Å². The third-order valence-electron chi connectivity index (χ3n) is 3.73. The van der Waals surface area contributed by atoms with E-state index in [-0.39, 0.29) is 5.43 Å². The number of nitrogen functional groups attached to an aromatic ring is 1. The standard InChI is InChI=1S/C18H18N2O/c1-2-5-13-8-9-14(12-16(13)19)20-11-10-18(21)15-6-3-4-7-17(15)20/h3-4,6-12H,2,5,19H2,1H3. The molecule has 0 spiro atoms. The van der Waals surface area contributed by atoms with Crippen molar-refractivity contribution in [2.24, 2.45) is 0 Å². The van der Waals surface area contributed by atoms with Crippen LogP contribution in [0.25, 0.3) is 16.6 Å². The van der Waals surface area contributed by atoms with E-state index in [2.05, 4.69) is 19.1 Å². The number of para-hydroxylation sites is 1. The summed E-state index contributed by atoms with van der Waals surface area (Å²) in [4.78, 5) is 11.9. The van der Waals surface area contributed by atoms with Crippen molar-refractivity contribution in [3.05, 3.63) is 70.5 Å². The Labute approximate surface area is 123 Å². The Bertz CT molecular complexity index is 849. The van der Waals surface area contributed by atoms with E-state index in [9.17, 15) is 4.79 Å². The maximum atomic E-state index is 11.9. The van der Waals surface area contributed by atoms with Gasteiger partial charge in [0, 0.05) is 29.0 Å². The average molecular weight is 278 g/mol. The summed E-state index contributed by atoms with van der Waals surface area (Å²) in [6.07, 6.45) is 3.86. The van der Waals surface area contributed by atoms with Gasteiger partial charge in [-0.05, 0) is 36.2 Å². The Morgan fingerprint density at radius 1 is 1.10 bits per heavy atom. The van der Waals surface area contributed by atoms with Gasteiger partial charge in [-0.1, -0.05) is 31.5 Å². The molecular weight excluding hydrogens is 260 g/mol. The number of hydrogen-bond donors (Lipinski definition) is 1. The summed E-state index contributed by atoms with van der Waals surface area (Å²) < 4.78 is 2.00. The first kappa shape index (κ1) is 13.4. The lowest BCUT2D eigenvalue weighted by atomic mass is 10.1. The zero-order valence-electron chi connectivity index (χ0n) is 12.0. The number of pyridine rings is 1. The second kappa shape index (κ2) is 5.44. The van der Waals surface area contributed by atoms with Gasteiger partial charge in [0.15, 0.2) is 5.43 Å². The predicted octanol–water partition coefficient (Wildman–Crippen LogP) is 3.53. The Balaban J connectivity index is 2.19. The highest BCUT2D eigenvalue weighted by Gasteiger charge is 2.06. The number of anilines is 1. The molecule has 0 aliphatic heterocycles. The van der Waals surface area contributed by atoms with Gasteiger partial charge in [-0.15, -0.1) is 0 Å². The van der Waals surface area contributed by atoms with Gasteiger partial charge in [0.25, 0.3) is 0 Å². The van der Waals surface area contributed by atoms with E-state index in [1.54, 1.807) is 12.3 Å². The molecule has 0 bridgehead atoms. The van der Waals surface area contributed by atoms with Crippen molar-refractivity contribution in [1.82, 2.24) is 4.57 Å². The number of rotatable bonds is 3. The van der Waals surface area contributed by atoms with Crippen LogP contribution in [0, 0.1) is 0 Å². The van der Waals surface area contributed by atoms with E-state index >= 15 is 0 Å². The van der Waals surface area contributed by atoms with Crippen LogP contribution >= 0.6 is 0 Å². The second-order valence-electron chi connectivity index (χ2n) is 5.20. The molecule has 21 heavy (non-hydrogen) atoms.